The van der Waals surface area contributed by atoms with Gasteiger partial charge < -0.3 is 10.2 Å². The number of hydrogen-bond acceptors (Lipinski definition) is 4. The van der Waals surface area contributed by atoms with Crippen LogP contribution in [0.2, 0.25) is 0 Å². The predicted molar refractivity (Wildman–Crippen MR) is 80.7 cm³/mol. The Bertz CT molecular complexity index is 598. The molecule has 0 bridgehead atoms. The number of rotatable bonds is 4. The van der Waals surface area contributed by atoms with Gasteiger partial charge in [-0.05, 0) is 31.2 Å². The van der Waals surface area contributed by atoms with Gasteiger partial charge in [0.15, 0.2) is 0 Å². The second kappa shape index (κ2) is 6.55. The van der Waals surface area contributed by atoms with Gasteiger partial charge in [-0.15, -0.1) is 0 Å². The van der Waals surface area contributed by atoms with Crippen molar-refractivity contribution in [2.75, 3.05) is 26.2 Å². The molecule has 0 unspecified atom stereocenters. The highest BCUT2D eigenvalue weighted by molar-refractivity contribution is 7.89. The summed E-state index contributed by atoms with van der Waals surface area (Å²) in [7, 11) is -3.47. The molecule has 1 aliphatic rings. The van der Waals surface area contributed by atoms with Crippen LogP contribution in [0.5, 0.6) is 0 Å². The van der Waals surface area contributed by atoms with E-state index in [-0.39, 0.29) is 16.8 Å². The molecule has 1 amide bonds. The summed E-state index contributed by atoms with van der Waals surface area (Å²) in [6.45, 7) is 6.27. The highest BCUT2D eigenvalue weighted by Gasteiger charge is 2.24. The summed E-state index contributed by atoms with van der Waals surface area (Å²) >= 11 is 0. The number of piperazine rings is 1. The van der Waals surface area contributed by atoms with Gasteiger partial charge in [-0.3, -0.25) is 4.79 Å². The maximum Gasteiger partial charge on any atom is 0.254 e. The van der Waals surface area contributed by atoms with Gasteiger partial charge >= 0.3 is 0 Å². The third kappa shape index (κ3) is 3.61. The van der Waals surface area contributed by atoms with Crippen molar-refractivity contribution in [1.29, 1.82) is 0 Å². The lowest BCUT2D eigenvalue weighted by Crippen LogP contribution is -2.52. The Morgan fingerprint density at radius 3 is 2.62 bits per heavy atom. The van der Waals surface area contributed by atoms with Crippen LogP contribution in [0.4, 0.5) is 0 Å². The summed E-state index contributed by atoms with van der Waals surface area (Å²) in [5.74, 6) is -0.0589. The summed E-state index contributed by atoms with van der Waals surface area (Å²) in [4.78, 5) is 14.4. The van der Waals surface area contributed by atoms with Crippen molar-refractivity contribution in [1.82, 2.24) is 14.9 Å². The van der Waals surface area contributed by atoms with Gasteiger partial charge in [0.05, 0.1) is 4.90 Å². The largest absolute Gasteiger partial charge is 0.333 e. The molecule has 1 aliphatic heterocycles. The van der Waals surface area contributed by atoms with E-state index in [9.17, 15) is 13.2 Å². The van der Waals surface area contributed by atoms with Crippen LogP contribution in [0.1, 0.15) is 24.2 Å². The molecule has 7 heteroatoms. The minimum atomic E-state index is -3.47. The zero-order chi connectivity index (χ0) is 15.5. The number of hydrogen-bond donors (Lipinski definition) is 2. The van der Waals surface area contributed by atoms with E-state index in [1.54, 1.807) is 19.1 Å². The summed E-state index contributed by atoms with van der Waals surface area (Å²) < 4.78 is 26.1. The zero-order valence-electron chi connectivity index (χ0n) is 12.3. The highest BCUT2D eigenvalue weighted by atomic mass is 32.2. The Morgan fingerprint density at radius 1 is 1.38 bits per heavy atom. The van der Waals surface area contributed by atoms with E-state index in [2.05, 4.69) is 10.0 Å². The Kier molecular flexibility index (Phi) is 4.97. The number of nitrogens with one attached hydrogen (secondary N) is 2. The quantitative estimate of drug-likeness (QED) is 0.845. The molecular weight excluding hydrogens is 290 g/mol. The van der Waals surface area contributed by atoms with E-state index in [0.29, 0.717) is 18.7 Å². The fraction of sp³-hybridized carbons (Fsp3) is 0.500. The van der Waals surface area contributed by atoms with Gasteiger partial charge in [0, 0.05) is 37.8 Å². The molecule has 2 N–H and O–H groups in total. The summed E-state index contributed by atoms with van der Waals surface area (Å²) in [6, 6.07) is 6.22. The van der Waals surface area contributed by atoms with Crippen molar-refractivity contribution in [3.63, 3.8) is 0 Å². The van der Waals surface area contributed by atoms with Crippen molar-refractivity contribution in [2.45, 2.75) is 24.8 Å². The van der Waals surface area contributed by atoms with Crippen molar-refractivity contribution in [2.24, 2.45) is 0 Å². The summed E-state index contributed by atoms with van der Waals surface area (Å²) in [6.07, 6.45) is 0. The SMILES string of the molecule is CCNS(=O)(=O)c1ccc(C(=O)N2CCNC[C@@H]2C)cc1. The Balaban J connectivity index is 2.17. The molecule has 0 saturated carbocycles. The molecule has 1 atom stereocenters. The fourth-order valence-corrected chi connectivity index (χ4v) is 3.40. The first-order valence-electron chi connectivity index (χ1n) is 7.07. The Hall–Kier alpha value is -1.44. The van der Waals surface area contributed by atoms with Crippen LogP contribution >= 0.6 is 0 Å². The maximum absolute atomic E-state index is 12.4. The average molecular weight is 311 g/mol. The first kappa shape index (κ1) is 15.9. The molecule has 1 aromatic carbocycles. The number of carbonyl (C=O) groups excluding carboxylic acids is 1. The zero-order valence-corrected chi connectivity index (χ0v) is 13.1. The molecule has 0 aliphatic carbocycles. The van der Waals surface area contributed by atoms with E-state index >= 15 is 0 Å². The van der Waals surface area contributed by atoms with Gasteiger partial charge in [-0.2, -0.15) is 0 Å². The third-order valence-corrected chi connectivity index (χ3v) is 5.07. The second-order valence-corrected chi connectivity index (χ2v) is 6.84. The van der Waals surface area contributed by atoms with Crippen LogP contribution in [0.15, 0.2) is 29.2 Å². The molecule has 6 nitrogen and oxygen atoms in total. The van der Waals surface area contributed by atoms with Crippen LogP contribution < -0.4 is 10.0 Å². The van der Waals surface area contributed by atoms with E-state index in [0.717, 1.165) is 13.1 Å². The average Bonchev–Trinajstić information content (AvgIpc) is 2.47. The summed E-state index contributed by atoms with van der Waals surface area (Å²) in [5, 5.41) is 3.23. The molecule has 0 aromatic heterocycles. The Labute approximate surface area is 125 Å². The lowest BCUT2D eigenvalue weighted by atomic mass is 10.1. The fourth-order valence-electron chi connectivity index (χ4n) is 2.36. The van der Waals surface area contributed by atoms with Gasteiger partial charge in [0.2, 0.25) is 10.0 Å². The van der Waals surface area contributed by atoms with Crippen LogP contribution in [0, 0.1) is 0 Å². The van der Waals surface area contributed by atoms with E-state index in [1.165, 1.54) is 12.1 Å². The molecule has 1 saturated heterocycles. The van der Waals surface area contributed by atoms with Gasteiger partial charge in [-0.1, -0.05) is 6.92 Å². The molecule has 1 fully saturated rings. The maximum atomic E-state index is 12.4. The molecule has 0 radical (unpaired) electrons. The normalized spacial score (nSPS) is 19.5. The van der Waals surface area contributed by atoms with Crippen LogP contribution in [0.25, 0.3) is 0 Å². The third-order valence-electron chi connectivity index (χ3n) is 3.51. The molecular formula is C14H21N3O3S. The first-order chi connectivity index (χ1) is 9.95. The van der Waals surface area contributed by atoms with E-state index in [4.69, 9.17) is 0 Å². The molecule has 0 spiro atoms. The molecule has 1 heterocycles. The van der Waals surface area contributed by atoms with Gasteiger partial charge in [0.25, 0.3) is 5.91 Å². The van der Waals surface area contributed by atoms with Crippen LogP contribution in [-0.2, 0) is 10.0 Å². The number of benzene rings is 1. The molecule has 1 aromatic rings. The number of amides is 1. The molecule has 116 valence electrons. The number of sulfonamides is 1. The van der Waals surface area contributed by atoms with Crippen molar-refractivity contribution in [3.8, 4) is 0 Å². The lowest BCUT2D eigenvalue weighted by molar-refractivity contribution is 0.0655. The van der Waals surface area contributed by atoms with Crippen LogP contribution in [0.3, 0.4) is 0 Å². The monoisotopic (exact) mass is 311 g/mol. The van der Waals surface area contributed by atoms with Crippen molar-refractivity contribution in [3.05, 3.63) is 29.8 Å². The number of nitrogens with zero attached hydrogens (tertiary/aromatic N) is 1. The second-order valence-electron chi connectivity index (χ2n) is 5.08. The Morgan fingerprint density at radius 2 is 2.05 bits per heavy atom. The van der Waals surface area contributed by atoms with Crippen molar-refractivity contribution < 1.29 is 13.2 Å². The highest BCUT2D eigenvalue weighted by Crippen LogP contribution is 2.14. The van der Waals surface area contributed by atoms with Gasteiger partial charge in [-0.25, -0.2) is 13.1 Å². The van der Waals surface area contributed by atoms with Crippen LogP contribution in [-0.4, -0.2) is 51.4 Å². The topological polar surface area (TPSA) is 78.5 Å². The standard InChI is InChI=1S/C14H21N3O3S/c1-3-16-21(19,20)13-6-4-12(5-7-13)14(18)17-9-8-15-10-11(17)2/h4-7,11,15-16H,3,8-10H2,1-2H3/t11-/m0/s1. The predicted octanol–water partition coefficient (Wildman–Crippen LogP) is 0.419. The summed E-state index contributed by atoms with van der Waals surface area (Å²) in [5.41, 5.74) is 0.513. The van der Waals surface area contributed by atoms with Gasteiger partial charge in [0.1, 0.15) is 0 Å². The molecule has 2 rings (SSSR count). The lowest BCUT2D eigenvalue weighted by Gasteiger charge is -2.34. The van der Waals surface area contributed by atoms with E-state index in [1.807, 2.05) is 11.8 Å². The van der Waals surface area contributed by atoms with Crippen molar-refractivity contribution >= 4 is 15.9 Å². The van der Waals surface area contributed by atoms with E-state index < -0.39 is 10.0 Å². The smallest absolute Gasteiger partial charge is 0.254 e. The number of carbonyl (C=O) groups is 1. The minimum absolute atomic E-state index is 0.0589. The first-order valence-corrected chi connectivity index (χ1v) is 8.55. The minimum Gasteiger partial charge on any atom is -0.333 e. The molecule has 21 heavy (non-hydrogen) atoms.